The standard InChI is InChI=1S/C18H20F2N6O/c19-14-2-1-12(7-15(14)20)8-25-4-5-26(9-13(25)3-6-27)18-16-17(22-10-21-16)23-11-24-18/h1-2,7,10-11,13,27H,3-6,8-9H2,(H,21,22,23,24). The average molecular weight is 374 g/mol. The molecule has 0 amide bonds. The van der Waals surface area contributed by atoms with Crippen LogP contribution in [0.1, 0.15) is 12.0 Å². The first kappa shape index (κ1) is 17.7. The molecule has 3 heterocycles. The number of hydrogen-bond acceptors (Lipinski definition) is 6. The van der Waals surface area contributed by atoms with Gasteiger partial charge >= 0.3 is 0 Å². The van der Waals surface area contributed by atoms with E-state index in [4.69, 9.17) is 0 Å². The quantitative estimate of drug-likeness (QED) is 0.708. The van der Waals surface area contributed by atoms with Crippen LogP contribution >= 0.6 is 0 Å². The lowest BCUT2D eigenvalue weighted by Gasteiger charge is -2.42. The number of piperazine rings is 1. The monoisotopic (exact) mass is 374 g/mol. The van der Waals surface area contributed by atoms with Crippen molar-refractivity contribution in [3.05, 3.63) is 48.1 Å². The van der Waals surface area contributed by atoms with Gasteiger partial charge in [0, 0.05) is 38.8 Å². The van der Waals surface area contributed by atoms with Gasteiger partial charge in [0.1, 0.15) is 11.8 Å². The molecule has 1 atom stereocenters. The Labute approximate surface area is 154 Å². The van der Waals surface area contributed by atoms with Gasteiger partial charge in [-0.2, -0.15) is 0 Å². The van der Waals surface area contributed by atoms with Gasteiger partial charge in [-0.1, -0.05) is 6.07 Å². The van der Waals surface area contributed by atoms with E-state index in [1.54, 1.807) is 12.4 Å². The fourth-order valence-corrected chi connectivity index (χ4v) is 3.58. The first-order valence-electron chi connectivity index (χ1n) is 8.83. The molecule has 3 aromatic rings. The van der Waals surface area contributed by atoms with E-state index in [2.05, 4.69) is 29.7 Å². The molecule has 1 fully saturated rings. The van der Waals surface area contributed by atoms with E-state index in [1.165, 1.54) is 12.4 Å². The molecule has 0 spiro atoms. The molecular weight excluding hydrogens is 354 g/mol. The highest BCUT2D eigenvalue weighted by Gasteiger charge is 2.28. The van der Waals surface area contributed by atoms with E-state index in [0.717, 1.165) is 23.9 Å². The summed E-state index contributed by atoms with van der Waals surface area (Å²) >= 11 is 0. The van der Waals surface area contributed by atoms with Crippen molar-refractivity contribution in [3.8, 4) is 0 Å². The van der Waals surface area contributed by atoms with Crippen molar-refractivity contribution in [1.82, 2.24) is 24.8 Å². The minimum absolute atomic E-state index is 0.0516. The Balaban J connectivity index is 1.53. The lowest BCUT2D eigenvalue weighted by atomic mass is 10.1. The van der Waals surface area contributed by atoms with Crippen LogP contribution in [-0.4, -0.2) is 62.2 Å². The molecule has 1 aliphatic heterocycles. The van der Waals surface area contributed by atoms with Gasteiger partial charge in [0.05, 0.1) is 6.33 Å². The predicted octanol–water partition coefficient (Wildman–Crippen LogP) is 1.70. The molecule has 7 nitrogen and oxygen atoms in total. The van der Waals surface area contributed by atoms with E-state index >= 15 is 0 Å². The van der Waals surface area contributed by atoms with Gasteiger partial charge in [0.25, 0.3) is 0 Å². The minimum atomic E-state index is -0.845. The smallest absolute Gasteiger partial charge is 0.182 e. The van der Waals surface area contributed by atoms with Gasteiger partial charge in [0.2, 0.25) is 0 Å². The molecule has 0 saturated carbocycles. The van der Waals surface area contributed by atoms with Crippen molar-refractivity contribution in [2.45, 2.75) is 19.0 Å². The van der Waals surface area contributed by atoms with Crippen LogP contribution < -0.4 is 4.90 Å². The van der Waals surface area contributed by atoms with E-state index in [0.29, 0.717) is 37.3 Å². The second-order valence-corrected chi connectivity index (χ2v) is 6.63. The van der Waals surface area contributed by atoms with E-state index < -0.39 is 11.6 Å². The molecule has 1 aliphatic rings. The van der Waals surface area contributed by atoms with Crippen LogP contribution in [0.5, 0.6) is 0 Å². The second kappa shape index (κ2) is 7.53. The van der Waals surface area contributed by atoms with Crippen LogP contribution in [0.25, 0.3) is 11.2 Å². The number of aliphatic hydroxyl groups excluding tert-OH is 1. The number of H-pyrrole nitrogens is 1. The maximum absolute atomic E-state index is 13.5. The summed E-state index contributed by atoms with van der Waals surface area (Å²) in [6.07, 6.45) is 3.66. The molecule has 1 aromatic carbocycles. The number of nitrogens with one attached hydrogen (secondary N) is 1. The zero-order chi connectivity index (χ0) is 18.8. The van der Waals surface area contributed by atoms with Crippen LogP contribution in [-0.2, 0) is 6.54 Å². The molecule has 0 aliphatic carbocycles. The van der Waals surface area contributed by atoms with Crippen LogP contribution in [0.15, 0.2) is 30.9 Å². The molecule has 0 bridgehead atoms. The molecular formula is C18H20F2N6O. The van der Waals surface area contributed by atoms with Gasteiger partial charge in [-0.15, -0.1) is 0 Å². The van der Waals surface area contributed by atoms with Crippen molar-refractivity contribution in [3.63, 3.8) is 0 Å². The number of hydrogen-bond donors (Lipinski definition) is 2. The maximum Gasteiger partial charge on any atom is 0.182 e. The first-order chi connectivity index (χ1) is 13.2. The summed E-state index contributed by atoms with van der Waals surface area (Å²) in [5.74, 6) is -0.900. The summed E-state index contributed by atoms with van der Waals surface area (Å²) in [5.41, 5.74) is 2.11. The molecule has 2 N–H and O–H groups in total. The fraction of sp³-hybridized carbons (Fsp3) is 0.389. The topological polar surface area (TPSA) is 81.2 Å². The van der Waals surface area contributed by atoms with Gasteiger partial charge in [-0.05, 0) is 24.1 Å². The SMILES string of the molecule is OCCC1CN(c2ncnc3nc[nH]c23)CCN1Cc1ccc(F)c(F)c1. The van der Waals surface area contributed by atoms with Crippen molar-refractivity contribution in [2.24, 2.45) is 0 Å². The van der Waals surface area contributed by atoms with Gasteiger partial charge in [-0.25, -0.2) is 23.7 Å². The van der Waals surface area contributed by atoms with E-state index in [9.17, 15) is 13.9 Å². The number of aromatic amines is 1. The molecule has 4 rings (SSSR count). The van der Waals surface area contributed by atoms with Crippen LogP contribution in [0.4, 0.5) is 14.6 Å². The maximum atomic E-state index is 13.5. The fourth-order valence-electron chi connectivity index (χ4n) is 3.58. The van der Waals surface area contributed by atoms with Crippen LogP contribution in [0.3, 0.4) is 0 Å². The Morgan fingerprint density at radius 2 is 2.04 bits per heavy atom. The molecule has 142 valence electrons. The third-order valence-electron chi connectivity index (χ3n) is 4.94. The highest BCUT2D eigenvalue weighted by molar-refractivity contribution is 5.82. The third-order valence-corrected chi connectivity index (χ3v) is 4.94. The third kappa shape index (κ3) is 3.60. The van der Waals surface area contributed by atoms with E-state index in [1.807, 2.05) is 0 Å². The summed E-state index contributed by atoms with van der Waals surface area (Å²) in [7, 11) is 0. The predicted molar refractivity (Wildman–Crippen MR) is 96.2 cm³/mol. The highest BCUT2D eigenvalue weighted by atomic mass is 19.2. The summed E-state index contributed by atoms with van der Waals surface area (Å²) in [5, 5.41) is 9.48. The Bertz CT molecular complexity index is 933. The average Bonchev–Trinajstić information content (AvgIpc) is 3.15. The van der Waals surface area contributed by atoms with Gasteiger partial charge < -0.3 is 15.0 Å². The zero-order valence-corrected chi connectivity index (χ0v) is 14.6. The van der Waals surface area contributed by atoms with Gasteiger partial charge in [-0.3, -0.25) is 4.90 Å². The van der Waals surface area contributed by atoms with Crippen molar-refractivity contribution in [1.29, 1.82) is 0 Å². The lowest BCUT2D eigenvalue weighted by Crippen LogP contribution is -2.53. The van der Waals surface area contributed by atoms with Crippen LogP contribution in [0, 0.1) is 11.6 Å². The Kier molecular flexibility index (Phi) is 4.95. The number of anilines is 1. The van der Waals surface area contributed by atoms with Crippen molar-refractivity contribution >= 4 is 17.0 Å². The van der Waals surface area contributed by atoms with Crippen LogP contribution in [0.2, 0.25) is 0 Å². The molecule has 1 unspecified atom stereocenters. The van der Waals surface area contributed by atoms with Crippen molar-refractivity contribution in [2.75, 3.05) is 31.1 Å². The summed E-state index contributed by atoms with van der Waals surface area (Å²) < 4.78 is 26.7. The number of benzene rings is 1. The number of aromatic nitrogens is 4. The number of halogens is 2. The largest absolute Gasteiger partial charge is 0.396 e. The Morgan fingerprint density at radius 1 is 1.15 bits per heavy atom. The van der Waals surface area contributed by atoms with Gasteiger partial charge in [0.15, 0.2) is 23.1 Å². The minimum Gasteiger partial charge on any atom is -0.396 e. The molecule has 1 saturated heterocycles. The highest BCUT2D eigenvalue weighted by Crippen LogP contribution is 2.25. The number of aliphatic hydroxyl groups is 1. The number of nitrogens with zero attached hydrogens (tertiary/aromatic N) is 5. The number of imidazole rings is 1. The lowest BCUT2D eigenvalue weighted by molar-refractivity contribution is 0.135. The number of rotatable bonds is 5. The number of fused-ring (bicyclic) bond motifs is 1. The summed E-state index contributed by atoms with van der Waals surface area (Å²) in [6.45, 7) is 2.64. The second-order valence-electron chi connectivity index (χ2n) is 6.63. The molecule has 2 aromatic heterocycles. The Hall–Kier alpha value is -2.65. The molecule has 9 heteroatoms. The first-order valence-corrected chi connectivity index (χ1v) is 8.83. The zero-order valence-electron chi connectivity index (χ0n) is 14.6. The van der Waals surface area contributed by atoms with E-state index in [-0.39, 0.29) is 12.6 Å². The van der Waals surface area contributed by atoms with Crippen molar-refractivity contribution < 1.29 is 13.9 Å². The normalized spacial score (nSPS) is 18.3. The summed E-state index contributed by atoms with van der Waals surface area (Å²) in [4.78, 5) is 20.1. The molecule has 27 heavy (non-hydrogen) atoms. The summed E-state index contributed by atoms with van der Waals surface area (Å²) in [6, 6.07) is 4.04. The molecule has 0 radical (unpaired) electrons. The Morgan fingerprint density at radius 3 is 2.85 bits per heavy atom.